The van der Waals surface area contributed by atoms with Crippen molar-refractivity contribution >= 4 is 5.91 Å². The Balaban J connectivity index is 1.56. The number of benzene rings is 1. The Morgan fingerprint density at radius 1 is 0.971 bits per heavy atom. The molecule has 3 aromatic heterocycles. The standard InChI is InChI=1S/C23H16F3N5O3/c24-12-7-8-17(28-10-12)19(32)18(16-6-1-2-9-27-16)31-11-15-13(4-3-5-14(15)23(31)33)21-29-30-22(34-21)20(25)26/h1-10,18-20,32H,11H2/t18-,19+/m1/s1. The molecule has 0 fully saturated rings. The van der Waals surface area contributed by atoms with Crippen LogP contribution in [-0.2, 0) is 6.54 Å². The second-order valence-corrected chi connectivity index (χ2v) is 7.56. The Kier molecular flexibility index (Phi) is 5.54. The fourth-order valence-electron chi connectivity index (χ4n) is 3.98. The van der Waals surface area contributed by atoms with Crippen LogP contribution in [0.25, 0.3) is 11.5 Å². The smallest absolute Gasteiger partial charge is 0.314 e. The summed E-state index contributed by atoms with van der Waals surface area (Å²) in [5.41, 5.74) is 1.66. The Hall–Kier alpha value is -4.12. The van der Waals surface area contributed by atoms with Crippen LogP contribution in [0.2, 0.25) is 0 Å². The van der Waals surface area contributed by atoms with E-state index in [9.17, 15) is 23.1 Å². The van der Waals surface area contributed by atoms with Gasteiger partial charge in [0.15, 0.2) is 0 Å². The molecule has 4 aromatic rings. The maximum Gasteiger partial charge on any atom is 0.314 e. The lowest BCUT2D eigenvalue weighted by atomic mass is 10.0. The highest BCUT2D eigenvalue weighted by atomic mass is 19.3. The first-order valence-corrected chi connectivity index (χ1v) is 10.2. The molecule has 1 amide bonds. The maximum absolute atomic E-state index is 13.4. The van der Waals surface area contributed by atoms with E-state index in [0.717, 1.165) is 12.3 Å². The number of carbonyl (C=O) groups is 1. The van der Waals surface area contributed by atoms with Crippen LogP contribution in [0, 0.1) is 5.82 Å². The number of carbonyl (C=O) groups excluding carboxylic acids is 1. The SMILES string of the molecule is O=C1c2cccc(-c3nnc(C(F)F)o3)c2CN1[C@H](c1ccccn1)[C@@H](O)c1ccc(F)cn1. The zero-order valence-corrected chi connectivity index (χ0v) is 17.3. The first-order valence-electron chi connectivity index (χ1n) is 10.2. The molecule has 8 nitrogen and oxygen atoms in total. The van der Waals surface area contributed by atoms with Gasteiger partial charge in [-0.1, -0.05) is 12.1 Å². The zero-order valence-electron chi connectivity index (χ0n) is 17.3. The van der Waals surface area contributed by atoms with Gasteiger partial charge in [0.2, 0.25) is 5.89 Å². The van der Waals surface area contributed by atoms with Crippen LogP contribution in [-0.4, -0.2) is 36.1 Å². The number of alkyl halides is 2. The van der Waals surface area contributed by atoms with Gasteiger partial charge in [0, 0.05) is 23.9 Å². The van der Waals surface area contributed by atoms with Crippen molar-refractivity contribution in [2.45, 2.75) is 25.1 Å². The number of hydrogen-bond acceptors (Lipinski definition) is 7. The molecule has 1 N–H and O–H groups in total. The zero-order chi connectivity index (χ0) is 23.8. The summed E-state index contributed by atoms with van der Waals surface area (Å²) in [5.74, 6) is -1.94. The number of amides is 1. The molecule has 1 aliphatic rings. The third kappa shape index (κ3) is 3.79. The van der Waals surface area contributed by atoms with Gasteiger partial charge in [0.25, 0.3) is 11.8 Å². The minimum absolute atomic E-state index is 0.0101. The van der Waals surface area contributed by atoms with Crippen LogP contribution in [0.1, 0.15) is 51.8 Å². The third-order valence-corrected chi connectivity index (χ3v) is 5.53. The van der Waals surface area contributed by atoms with Gasteiger partial charge in [0.05, 0.1) is 17.6 Å². The van der Waals surface area contributed by atoms with Gasteiger partial charge >= 0.3 is 6.43 Å². The van der Waals surface area contributed by atoms with Crippen molar-refractivity contribution in [2.75, 3.05) is 0 Å². The largest absolute Gasteiger partial charge is 0.415 e. The highest BCUT2D eigenvalue weighted by molar-refractivity contribution is 6.00. The molecular formula is C23H16F3N5O3. The maximum atomic E-state index is 13.4. The summed E-state index contributed by atoms with van der Waals surface area (Å²) in [6.07, 6.45) is -1.76. The number of halogens is 3. The van der Waals surface area contributed by atoms with Crippen molar-refractivity contribution in [1.29, 1.82) is 0 Å². The molecule has 0 saturated heterocycles. The van der Waals surface area contributed by atoms with Crippen LogP contribution >= 0.6 is 0 Å². The van der Waals surface area contributed by atoms with Gasteiger partial charge in [-0.3, -0.25) is 14.8 Å². The number of pyridine rings is 2. The van der Waals surface area contributed by atoms with Crippen molar-refractivity contribution in [3.8, 4) is 11.5 Å². The third-order valence-electron chi connectivity index (χ3n) is 5.53. The van der Waals surface area contributed by atoms with Gasteiger partial charge in [-0.15, -0.1) is 10.2 Å². The average molecular weight is 467 g/mol. The van der Waals surface area contributed by atoms with Crippen LogP contribution in [0.3, 0.4) is 0 Å². The Morgan fingerprint density at radius 2 is 1.79 bits per heavy atom. The Bertz CT molecular complexity index is 1330. The molecule has 0 spiro atoms. The van der Waals surface area contributed by atoms with E-state index in [0.29, 0.717) is 22.4 Å². The van der Waals surface area contributed by atoms with Crippen molar-refractivity contribution < 1.29 is 27.5 Å². The summed E-state index contributed by atoms with van der Waals surface area (Å²) in [5, 5.41) is 18.2. The molecular weight excluding hydrogens is 451 g/mol. The fourth-order valence-corrected chi connectivity index (χ4v) is 3.98. The number of aliphatic hydroxyl groups is 1. The number of aromatic nitrogens is 4. The molecule has 0 bridgehead atoms. The van der Waals surface area contributed by atoms with E-state index in [1.807, 2.05) is 0 Å². The van der Waals surface area contributed by atoms with E-state index in [-0.39, 0.29) is 18.1 Å². The molecule has 11 heteroatoms. The molecule has 2 atom stereocenters. The molecule has 0 saturated carbocycles. The van der Waals surface area contributed by atoms with Crippen molar-refractivity contribution in [2.24, 2.45) is 0 Å². The summed E-state index contributed by atoms with van der Waals surface area (Å²) in [6, 6.07) is 11.3. The lowest BCUT2D eigenvalue weighted by Crippen LogP contribution is -2.34. The molecule has 0 radical (unpaired) electrons. The summed E-state index contributed by atoms with van der Waals surface area (Å²) >= 11 is 0. The second kappa shape index (κ2) is 8.67. The highest BCUT2D eigenvalue weighted by Gasteiger charge is 2.40. The van der Waals surface area contributed by atoms with E-state index in [1.54, 1.807) is 36.4 Å². The van der Waals surface area contributed by atoms with Gasteiger partial charge in [0.1, 0.15) is 18.0 Å². The van der Waals surface area contributed by atoms with E-state index >= 15 is 0 Å². The van der Waals surface area contributed by atoms with Crippen molar-refractivity contribution in [3.05, 3.63) is 95.1 Å². The van der Waals surface area contributed by atoms with E-state index in [1.165, 1.54) is 17.2 Å². The Morgan fingerprint density at radius 3 is 2.47 bits per heavy atom. The van der Waals surface area contributed by atoms with E-state index < -0.39 is 36.2 Å². The summed E-state index contributed by atoms with van der Waals surface area (Å²) in [7, 11) is 0. The average Bonchev–Trinajstić information content (AvgIpc) is 3.46. The fraction of sp³-hybridized carbons (Fsp3) is 0.174. The Labute approximate surface area is 190 Å². The van der Waals surface area contributed by atoms with Gasteiger partial charge in [-0.25, -0.2) is 4.39 Å². The predicted molar refractivity (Wildman–Crippen MR) is 111 cm³/mol. The predicted octanol–water partition coefficient (Wildman–Crippen LogP) is 4.03. The summed E-state index contributed by atoms with van der Waals surface area (Å²) < 4.78 is 44.4. The van der Waals surface area contributed by atoms with Crippen LogP contribution < -0.4 is 0 Å². The first-order chi connectivity index (χ1) is 16.4. The minimum atomic E-state index is -2.93. The highest BCUT2D eigenvalue weighted by Crippen LogP contribution is 2.41. The molecule has 4 heterocycles. The minimum Gasteiger partial charge on any atom is -0.415 e. The normalized spacial score (nSPS) is 15.0. The number of fused-ring (bicyclic) bond motifs is 1. The molecule has 5 rings (SSSR count). The summed E-state index contributed by atoms with van der Waals surface area (Å²) in [6.45, 7) is 0.0101. The number of nitrogens with zero attached hydrogens (tertiary/aromatic N) is 5. The molecule has 0 unspecified atom stereocenters. The topological polar surface area (TPSA) is 105 Å². The van der Waals surface area contributed by atoms with Crippen molar-refractivity contribution in [3.63, 3.8) is 0 Å². The summed E-state index contributed by atoms with van der Waals surface area (Å²) in [4.78, 5) is 23.1. The monoisotopic (exact) mass is 467 g/mol. The molecule has 1 aliphatic heterocycles. The van der Waals surface area contributed by atoms with Crippen LogP contribution in [0.5, 0.6) is 0 Å². The molecule has 1 aromatic carbocycles. The quantitative estimate of drug-likeness (QED) is 0.456. The molecule has 0 aliphatic carbocycles. The first kappa shape index (κ1) is 21.7. The van der Waals surface area contributed by atoms with Crippen LogP contribution in [0.15, 0.2) is 65.3 Å². The second-order valence-electron chi connectivity index (χ2n) is 7.56. The lowest BCUT2D eigenvalue weighted by Gasteiger charge is -2.31. The van der Waals surface area contributed by atoms with Crippen molar-refractivity contribution in [1.82, 2.24) is 25.1 Å². The van der Waals surface area contributed by atoms with Gasteiger partial charge in [-0.05, 0) is 42.0 Å². The number of aliphatic hydroxyl groups excluding tert-OH is 1. The van der Waals surface area contributed by atoms with Gasteiger partial charge < -0.3 is 14.4 Å². The van der Waals surface area contributed by atoms with E-state index in [2.05, 4.69) is 20.2 Å². The molecule has 172 valence electrons. The van der Waals surface area contributed by atoms with E-state index in [4.69, 9.17) is 4.42 Å². The number of hydrogen-bond donors (Lipinski definition) is 1. The van der Waals surface area contributed by atoms with Gasteiger partial charge in [-0.2, -0.15) is 8.78 Å². The number of rotatable bonds is 6. The van der Waals surface area contributed by atoms with Crippen LogP contribution in [0.4, 0.5) is 13.2 Å². The molecule has 34 heavy (non-hydrogen) atoms. The lowest BCUT2D eigenvalue weighted by molar-refractivity contribution is 0.0332.